The van der Waals surface area contributed by atoms with Crippen molar-refractivity contribution in [2.75, 3.05) is 46.6 Å². The van der Waals surface area contributed by atoms with Crippen LogP contribution in [0.15, 0.2) is 59.7 Å². The number of benzene rings is 2. The third kappa shape index (κ3) is 4.09. The molecule has 0 atom stereocenters. The normalized spacial score (nSPS) is 16.7. The van der Waals surface area contributed by atoms with E-state index in [1.807, 2.05) is 18.2 Å². The smallest absolute Gasteiger partial charge is 0.275 e. The zero-order valence-corrected chi connectivity index (χ0v) is 20.0. The molecule has 35 heavy (non-hydrogen) atoms. The fraction of sp³-hybridized carbons (Fsp3) is 0.308. The van der Waals surface area contributed by atoms with Gasteiger partial charge in [0.05, 0.1) is 31.5 Å². The van der Waals surface area contributed by atoms with Crippen LogP contribution >= 0.6 is 11.3 Å². The Bertz CT molecular complexity index is 1440. The Morgan fingerprint density at radius 2 is 1.91 bits per heavy atom. The van der Waals surface area contributed by atoms with Gasteiger partial charge in [0, 0.05) is 36.0 Å². The number of hydrogen-bond acceptors (Lipinski definition) is 7. The van der Waals surface area contributed by atoms with E-state index >= 15 is 0 Å². The van der Waals surface area contributed by atoms with Crippen molar-refractivity contribution >= 4 is 21.6 Å². The van der Waals surface area contributed by atoms with Gasteiger partial charge in [-0.3, -0.25) is 14.3 Å². The highest BCUT2D eigenvalue weighted by Crippen LogP contribution is 2.37. The lowest BCUT2D eigenvalue weighted by Crippen LogP contribution is -2.66. The molecule has 0 bridgehead atoms. The molecular formula is C26H24FN3O4S. The summed E-state index contributed by atoms with van der Waals surface area (Å²) in [7, 11) is 1.58. The van der Waals surface area contributed by atoms with Crippen LogP contribution in [0, 0.1) is 11.2 Å². The first-order chi connectivity index (χ1) is 17.0. The molecule has 0 amide bonds. The van der Waals surface area contributed by atoms with E-state index in [2.05, 4.69) is 9.88 Å². The van der Waals surface area contributed by atoms with Gasteiger partial charge in [-0.1, -0.05) is 12.1 Å². The second-order valence-corrected chi connectivity index (χ2v) is 10.2. The summed E-state index contributed by atoms with van der Waals surface area (Å²) in [6.45, 7) is 5.28. The van der Waals surface area contributed by atoms with Gasteiger partial charge in [-0.15, -0.1) is 11.3 Å². The van der Waals surface area contributed by atoms with Crippen LogP contribution in [0.5, 0.6) is 11.5 Å². The van der Waals surface area contributed by atoms with Gasteiger partial charge in [0.2, 0.25) is 0 Å². The molecule has 2 saturated heterocycles. The first-order valence-electron chi connectivity index (χ1n) is 11.4. The van der Waals surface area contributed by atoms with E-state index in [0.29, 0.717) is 39.4 Å². The van der Waals surface area contributed by atoms with Gasteiger partial charge in [0.25, 0.3) is 5.56 Å². The lowest BCUT2D eigenvalue weighted by Gasteiger charge is -2.55. The molecule has 2 fully saturated rings. The highest BCUT2D eigenvalue weighted by molar-refractivity contribution is 7.22. The second kappa shape index (κ2) is 8.75. The molecular weight excluding hydrogens is 469 g/mol. The molecule has 0 saturated carbocycles. The van der Waals surface area contributed by atoms with Crippen molar-refractivity contribution < 1.29 is 18.6 Å². The number of fused-ring (bicyclic) bond motifs is 1. The predicted molar refractivity (Wildman–Crippen MR) is 132 cm³/mol. The van der Waals surface area contributed by atoms with Gasteiger partial charge in [-0.05, 0) is 35.9 Å². The molecule has 180 valence electrons. The lowest BCUT2D eigenvalue weighted by atomic mass is 9.78. The van der Waals surface area contributed by atoms with Gasteiger partial charge in [-0.2, -0.15) is 0 Å². The van der Waals surface area contributed by atoms with Crippen LogP contribution in [0.4, 0.5) is 4.39 Å². The summed E-state index contributed by atoms with van der Waals surface area (Å²) < 4.78 is 32.2. The average Bonchev–Trinajstić information content (AvgIpc) is 3.25. The zero-order chi connectivity index (χ0) is 24.0. The number of thiophene rings is 1. The Morgan fingerprint density at radius 3 is 2.63 bits per heavy atom. The Morgan fingerprint density at radius 1 is 1.11 bits per heavy atom. The maximum absolute atomic E-state index is 13.3. The molecule has 2 aliphatic heterocycles. The number of aromatic nitrogens is 2. The Balaban J connectivity index is 1.20. The van der Waals surface area contributed by atoms with Gasteiger partial charge >= 0.3 is 0 Å². The topological polar surface area (TPSA) is 65.8 Å². The zero-order valence-electron chi connectivity index (χ0n) is 19.2. The van der Waals surface area contributed by atoms with Gasteiger partial charge in [0.1, 0.15) is 23.5 Å². The summed E-state index contributed by atoms with van der Waals surface area (Å²) in [5.74, 6) is 0.893. The molecule has 0 N–H and O–H groups in total. The van der Waals surface area contributed by atoms with Crippen molar-refractivity contribution in [1.82, 2.24) is 14.5 Å². The van der Waals surface area contributed by atoms with Gasteiger partial charge < -0.3 is 14.2 Å². The second-order valence-electron chi connectivity index (χ2n) is 9.14. The van der Waals surface area contributed by atoms with Gasteiger partial charge in [-0.25, -0.2) is 9.37 Å². The predicted octanol–water partition coefficient (Wildman–Crippen LogP) is 3.97. The van der Waals surface area contributed by atoms with Crippen molar-refractivity contribution in [1.29, 1.82) is 0 Å². The molecule has 6 rings (SSSR count). The molecule has 4 heterocycles. The molecule has 0 aliphatic carbocycles. The Labute approximate surface area is 205 Å². The molecule has 4 aromatic rings. The summed E-state index contributed by atoms with van der Waals surface area (Å²) in [5, 5.41) is 0. The number of ether oxygens (including phenoxy) is 3. The summed E-state index contributed by atoms with van der Waals surface area (Å²) in [5.41, 5.74) is 2.32. The number of methoxy groups -OCH3 is 1. The van der Waals surface area contributed by atoms with E-state index in [4.69, 9.17) is 14.2 Å². The summed E-state index contributed by atoms with van der Waals surface area (Å²) in [6.07, 6.45) is 1.52. The van der Waals surface area contributed by atoms with E-state index < -0.39 is 0 Å². The molecule has 2 aromatic carbocycles. The third-order valence-electron chi connectivity index (χ3n) is 6.59. The lowest BCUT2D eigenvalue weighted by molar-refractivity contribution is -0.189. The van der Waals surface area contributed by atoms with Crippen LogP contribution in [0.25, 0.3) is 26.3 Å². The van der Waals surface area contributed by atoms with Crippen molar-refractivity contribution in [2.45, 2.75) is 0 Å². The van der Waals surface area contributed by atoms with E-state index in [-0.39, 0.29) is 11.4 Å². The number of rotatable bonds is 7. The molecule has 2 aromatic heterocycles. The van der Waals surface area contributed by atoms with Crippen LogP contribution in [-0.4, -0.2) is 61.0 Å². The van der Waals surface area contributed by atoms with Crippen molar-refractivity contribution in [2.24, 2.45) is 5.41 Å². The Kier molecular flexibility index (Phi) is 5.55. The van der Waals surface area contributed by atoms with E-state index in [1.165, 1.54) is 34.4 Å². The van der Waals surface area contributed by atoms with Crippen LogP contribution in [0.2, 0.25) is 0 Å². The van der Waals surface area contributed by atoms with Crippen molar-refractivity contribution in [3.05, 3.63) is 71.0 Å². The minimum Gasteiger partial charge on any atom is -0.493 e. The Hall–Kier alpha value is -3.27. The number of likely N-dealkylation sites (tertiary alicyclic amines) is 1. The van der Waals surface area contributed by atoms with Crippen LogP contribution in [-0.2, 0) is 4.74 Å². The minimum atomic E-state index is -0.297. The third-order valence-corrected chi connectivity index (χ3v) is 7.75. The van der Waals surface area contributed by atoms with Crippen LogP contribution < -0.4 is 15.0 Å². The quantitative estimate of drug-likeness (QED) is 0.388. The van der Waals surface area contributed by atoms with Crippen molar-refractivity contribution in [3.8, 4) is 27.6 Å². The van der Waals surface area contributed by atoms with E-state index in [0.717, 1.165) is 43.3 Å². The SMILES string of the molecule is COc1cc(-n2cnc3cc(-c4ccc(F)cc4)sc3c2=O)ccc1OCCN1CC2(COC2)C1. The maximum Gasteiger partial charge on any atom is 0.275 e. The molecule has 0 radical (unpaired) electrons. The van der Waals surface area contributed by atoms with E-state index in [9.17, 15) is 9.18 Å². The monoisotopic (exact) mass is 493 g/mol. The maximum atomic E-state index is 13.3. The van der Waals surface area contributed by atoms with E-state index in [1.54, 1.807) is 25.3 Å². The number of hydrogen-bond donors (Lipinski definition) is 0. The first-order valence-corrected chi connectivity index (χ1v) is 12.2. The highest BCUT2D eigenvalue weighted by Gasteiger charge is 2.48. The fourth-order valence-corrected chi connectivity index (χ4v) is 5.74. The molecule has 7 nitrogen and oxygen atoms in total. The first kappa shape index (κ1) is 22.2. The largest absolute Gasteiger partial charge is 0.493 e. The summed E-state index contributed by atoms with van der Waals surface area (Å²) in [4.78, 5) is 21.0. The highest BCUT2D eigenvalue weighted by atomic mass is 32.1. The summed E-state index contributed by atoms with van der Waals surface area (Å²) in [6, 6.07) is 13.5. The molecule has 9 heteroatoms. The summed E-state index contributed by atoms with van der Waals surface area (Å²) >= 11 is 1.35. The van der Waals surface area contributed by atoms with Crippen molar-refractivity contribution in [3.63, 3.8) is 0 Å². The number of halogens is 1. The van der Waals surface area contributed by atoms with Crippen LogP contribution in [0.1, 0.15) is 0 Å². The molecule has 1 spiro atoms. The van der Waals surface area contributed by atoms with Crippen LogP contribution in [0.3, 0.4) is 0 Å². The number of nitrogens with zero attached hydrogens (tertiary/aromatic N) is 3. The standard InChI is InChI=1S/C26H24FN3O4S/c1-32-22-10-19(6-7-21(22)34-9-8-29-12-26(13-29)14-33-15-26)30-16-28-20-11-23(35-24(20)25(30)31)17-2-4-18(27)5-3-17/h2-7,10-11,16H,8-9,12-15H2,1H3. The van der Waals surface area contributed by atoms with Gasteiger partial charge in [0.15, 0.2) is 11.5 Å². The minimum absolute atomic E-state index is 0.171. The molecule has 0 unspecified atom stereocenters. The fourth-order valence-electron chi connectivity index (χ4n) is 4.70. The average molecular weight is 494 g/mol. The molecule has 2 aliphatic rings.